The smallest absolute Gasteiger partial charge is 0.317 e. The van der Waals surface area contributed by atoms with E-state index in [1.165, 1.54) is 16.5 Å². The molecule has 3 heterocycles. The van der Waals surface area contributed by atoms with E-state index in [4.69, 9.17) is 0 Å². The third-order valence-electron chi connectivity index (χ3n) is 5.77. The zero-order valence-electron chi connectivity index (χ0n) is 14.6. The first kappa shape index (κ1) is 16.5. The average molecular weight is 341 g/mol. The first-order valence-corrected chi connectivity index (χ1v) is 9.51. The lowest BCUT2D eigenvalue weighted by Crippen LogP contribution is -2.52. The number of aromatic amines is 1. The molecule has 2 unspecified atom stereocenters. The van der Waals surface area contributed by atoms with Gasteiger partial charge in [-0.3, -0.25) is 0 Å². The average Bonchev–Trinajstić information content (AvgIpc) is 3.14. The summed E-state index contributed by atoms with van der Waals surface area (Å²) in [6, 6.07) is 8.91. The number of rotatable bonds is 5. The van der Waals surface area contributed by atoms with Crippen LogP contribution < -0.4 is 5.32 Å². The number of piperidine rings is 1. The van der Waals surface area contributed by atoms with Gasteiger partial charge in [-0.1, -0.05) is 18.2 Å². The fourth-order valence-electron chi connectivity index (χ4n) is 4.55. The molecule has 0 spiro atoms. The maximum atomic E-state index is 12.5. The van der Waals surface area contributed by atoms with E-state index in [9.17, 15) is 9.90 Å². The van der Waals surface area contributed by atoms with E-state index in [0.29, 0.717) is 0 Å². The summed E-state index contributed by atoms with van der Waals surface area (Å²) in [7, 11) is 0. The van der Waals surface area contributed by atoms with Crippen molar-refractivity contribution in [2.24, 2.45) is 0 Å². The number of aliphatic hydroxyl groups is 1. The molecule has 0 radical (unpaired) electrons. The third-order valence-corrected chi connectivity index (χ3v) is 5.77. The minimum Gasteiger partial charge on any atom is -0.393 e. The number of aryl methyl sites for hydroxylation is 1. The highest BCUT2D eigenvalue weighted by atomic mass is 16.3. The van der Waals surface area contributed by atoms with Crippen LogP contribution in [0.1, 0.15) is 44.1 Å². The van der Waals surface area contributed by atoms with Gasteiger partial charge < -0.3 is 20.3 Å². The molecule has 2 saturated heterocycles. The van der Waals surface area contributed by atoms with Crippen molar-refractivity contribution in [1.29, 1.82) is 0 Å². The molecule has 1 aromatic heterocycles. The number of nitrogens with zero attached hydrogens (tertiary/aromatic N) is 1. The summed E-state index contributed by atoms with van der Waals surface area (Å²) in [4.78, 5) is 17.8. The summed E-state index contributed by atoms with van der Waals surface area (Å²) in [5.74, 6) is 0. The van der Waals surface area contributed by atoms with Crippen LogP contribution in [-0.2, 0) is 6.42 Å². The Kier molecular flexibility index (Phi) is 4.66. The standard InChI is InChI=1S/C20H27N3O2/c24-17-11-15-8-9-16(12-17)23(15)20(25)21-10-4-3-5-14-13-22-19-7-2-1-6-18(14)19/h1-2,6-7,13,15-17,22,24H,3-5,8-12H2,(H,21,25). The number of urea groups is 1. The van der Waals surface area contributed by atoms with Crippen LogP contribution in [0.15, 0.2) is 30.5 Å². The summed E-state index contributed by atoms with van der Waals surface area (Å²) in [5.41, 5.74) is 2.54. The Morgan fingerprint density at radius 3 is 2.76 bits per heavy atom. The van der Waals surface area contributed by atoms with Gasteiger partial charge in [0, 0.05) is 35.7 Å². The molecule has 2 amide bonds. The van der Waals surface area contributed by atoms with Crippen molar-refractivity contribution in [3.05, 3.63) is 36.0 Å². The number of amides is 2. The SMILES string of the molecule is O=C(NCCCCc1c[nH]c2ccccc12)N1C2CCC1CC(O)C2. The highest BCUT2D eigenvalue weighted by Gasteiger charge is 2.42. The molecule has 5 nitrogen and oxygen atoms in total. The van der Waals surface area contributed by atoms with E-state index < -0.39 is 0 Å². The molecule has 0 saturated carbocycles. The Balaban J connectivity index is 1.22. The highest BCUT2D eigenvalue weighted by Crippen LogP contribution is 2.35. The number of hydrogen-bond donors (Lipinski definition) is 3. The molecule has 0 aliphatic carbocycles. The largest absolute Gasteiger partial charge is 0.393 e. The van der Waals surface area contributed by atoms with Crippen molar-refractivity contribution in [1.82, 2.24) is 15.2 Å². The number of aromatic nitrogens is 1. The number of benzene rings is 1. The Bertz CT molecular complexity index is 727. The molecule has 5 heteroatoms. The molecular formula is C20H27N3O2. The van der Waals surface area contributed by atoms with Gasteiger partial charge in [0.05, 0.1) is 6.10 Å². The number of H-pyrrole nitrogens is 1. The highest BCUT2D eigenvalue weighted by molar-refractivity contribution is 5.83. The van der Waals surface area contributed by atoms with Gasteiger partial charge in [-0.2, -0.15) is 0 Å². The summed E-state index contributed by atoms with van der Waals surface area (Å²) < 4.78 is 0. The van der Waals surface area contributed by atoms with Crippen LogP contribution in [0.5, 0.6) is 0 Å². The van der Waals surface area contributed by atoms with Crippen LogP contribution in [0.25, 0.3) is 10.9 Å². The Hall–Kier alpha value is -2.01. The van der Waals surface area contributed by atoms with Crippen molar-refractivity contribution >= 4 is 16.9 Å². The molecule has 2 aliphatic heterocycles. The molecule has 2 aliphatic rings. The van der Waals surface area contributed by atoms with E-state index in [0.717, 1.165) is 51.5 Å². The fraction of sp³-hybridized carbons (Fsp3) is 0.550. The summed E-state index contributed by atoms with van der Waals surface area (Å²) >= 11 is 0. The lowest BCUT2D eigenvalue weighted by Gasteiger charge is -2.37. The molecule has 4 rings (SSSR count). The van der Waals surface area contributed by atoms with Crippen molar-refractivity contribution in [3.63, 3.8) is 0 Å². The number of nitrogens with one attached hydrogen (secondary N) is 2. The Morgan fingerprint density at radius 1 is 1.20 bits per heavy atom. The van der Waals surface area contributed by atoms with Gasteiger partial charge in [0.15, 0.2) is 0 Å². The van der Waals surface area contributed by atoms with Gasteiger partial charge in [-0.05, 0) is 56.6 Å². The third kappa shape index (κ3) is 3.38. The zero-order valence-corrected chi connectivity index (χ0v) is 14.6. The van der Waals surface area contributed by atoms with Crippen LogP contribution in [0, 0.1) is 0 Å². The van der Waals surface area contributed by atoms with Gasteiger partial charge in [0.1, 0.15) is 0 Å². The second-order valence-electron chi connectivity index (χ2n) is 7.47. The van der Waals surface area contributed by atoms with Crippen molar-refractivity contribution in [3.8, 4) is 0 Å². The predicted octanol–water partition coefficient (Wildman–Crippen LogP) is 3.19. The van der Waals surface area contributed by atoms with Gasteiger partial charge in [-0.15, -0.1) is 0 Å². The molecule has 25 heavy (non-hydrogen) atoms. The predicted molar refractivity (Wildman–Crippen MR) is 98.5 cm³/mol. The molecule has 2 atom stereocenters. The van der Waals surface area contributed by atoms with Crippen LogP contribution >= 0.6 is 0 Å². The van der Waals surface area contributed by atoms with Crippen LogP contribution in [0.2, 0.25) is 0 Å². The van der Waals surface area contributed by atoms with Crippen LogP contribution in [0.3, 0.4) is 0 Å². The van der Waals surface area contributed by atoms with Crippen molar-refractivity contribution < 1.29 is 9.90 Å². The molecule has 3 N–H and O–H groups in total. The van der Waals surface area contributed by atoms with Gasteiger partial charge in [0.2, 0.25) is 0 Å². The van der Waals surface area contributed by atoms with Crippen molar-refractivity contribution in [2.45, 2.75) is 63.1 Å². The maximum Gasteiger partial charge on any atom is 0.317 e. The molecule has 134 valence electrons. The van der Waals surface area contributed by atoms with Gasteiger partial charge in [0.25, 0.3) is 0 Å². The number of para-hydroxylation sites is 1. The normalized spacial score (nSPS) is 25.5. The van der Waals surface area contributed by atoms with E-state index in [1.54, 1.807) is 0 Å². The molecule has 1 aromatic carbocycles. The first-order chi connectivity index (χ1) is 12.2. The van der Waals surface area contributed by atoms with E-state index in [2.05, 4.69) is 34.7 Å². The molecule has 2 bridgehead atoms. The molecule has 2 fully saturated rings. The summed E-state index contributed by atoms with van der Waals surface area (Å²) in [6.07, 6.45) is 8.50. The first-order valence-electron chi connectivity index (χ1n) is 9.51. The second-order valence-corrected chi connectivity index (χ2v) is 7.47. The fourth-order valence-corrected chi connectivity index (χ4v) is 4.55. The van der Waals surface area contributed by atoms with Gasteiger partial charge >= 0.3 is 6.03 Å². The summed E-state index contributed by atoms with van der Waals surface area (Å²) in [6.45, 7) is 0.722. The zero-order chi connectivity index (χ0) is 17.2. The lowest BCUT2D eigenvalue weighted by atomic mass is 10.0. The number of unbranched alkanes of at least 4 members (excludes halogenated alkanes) is 1. The summed E-state index contributed by atoms with van der Waals surface area (Å²) in [5, 5.41) is 14.2. The van der Waals surface area contributed by atoms with Crippen LogP contribution in [-0.4, -0.2) is 45.8 Å². The molecule has 2 aromatic rings. The molecular weight excluding hydrogens is 314 g/mol. The Morgan fingerprint density at radius 2 is 1.96 bits per heavy atom. The van der Waals surface area contributed by atoms with Crippen LogP contribution in [0.4, 0.5) is 4.79 Å². The number of carbonyl (C=O) groups is 1. The topological polar surface area (TPSA) is 68.4 Å². The maximum absolute atomic E-state index is 12.5. The number of aliphatic hydroxyl groups excluding tert-OH is 1. The van der Waals surface area contributed by atoms with Gasteiger partial charge in [-0.25, -0.2) is 4.79 Å². The number of carbonyl (C=O) groups excluding carboxylic acids is 1. The van der Waals surface area contributed by atoms with E-state index in [-0.39, 0.29) is 24.2 Å². The van der Waals surface area contributed by atoms with E-state index in [1.807, 2.05) is 11.0 Å². The quantitative estimate of drug-likeness (QED) is 0.731. The van der Waals surface area contributed by atoms with E-state index >= 15 is 0 Å². The number of hydrogen-bond acceptors (Lipinski definition) is 2. The Labute approximate surface area is 148 Å². The van der Waals surface area contributed by atoms with Crippen molar-refractivity contribution in [2.75, 3.05) is 6.54 Å². The minimum absolute atomic E-state index is 0.0616. The second kappa shape index (κ2) is 7.08. The minimum atomic E-state index is -0.224. The lowest BCUT2D eigenvalue weighted by molar-refractivity contribution is 0.0543. The number of fused-ring (bicyclic) bond motifs is 3. The monoisotopic (exact) mass is 341 g/mol.